The zero-order chi connectivity index (χ0) is 71.8. The summed E-state index contributed by atoms with van der Waals surface area (Å²) < 4.78 is 68.2. The number of unbranched alkanes of at least 4 members (excludes halogenated alkanes) is 19. The van der Waals surface area contributed by atoms with Gasteiger partial charge in [-0.15, -0.1) is 0 Å². The van der Waals surface area contributed by atoms with E-state index in [1.165, 1.54) is 12.8 Å². The topological polar surface area (TPSA) is 237 Å². The fraction of sp³-hybridized carbons (Fsp3) is 0.646. The Labute approximate surface area is 592 Å². The summed E-state index contributed by atoms with van der Waals surface area (Å²) in [5.74, 6) is -2.37. The highest BCUT2D eigenvalue weighted by Crippen LogP contribution is 2.45. The number of esters is 4. The molecule has 0 aliphatic rings. The summed E-state index contributed by atoms with van der Waals surface area (Å²) in [4.78, 5) is 72.7. The first kappa shape index (κ1) is 92.9. The van der Waals surface area contributed by atoms with Gasteiger partial charge in [0.2, 0.25) is 0 Å². The van der Waals surface area contributed by atoms with Crippen LogP contribution in [0.15, 0.2) is 146 Å². The fourth-order valence-corrected chi connectivity index (χ4v) is 10.8. The van der Waals surface area contributed by atoms with Crippen LogP contribution in [0.1, 0.15) is 272 Å². The second-order valence-corrected chi connectivity index (χ2v) is 27.0. The lowest BCUT2D eigenvalue weighted by molar-refractivity contribution is -0.161. The molecule has 0 aromatic carbocycles. The monoisotopic (exact) mass is 1410 g/mol. The van der Waals surface area contributed by atoms with Crippen LogP contribution in [0.25, 0.3) is 0 Å². The van der Waals surface area contributed by atoms with E-state index in [0.29, 0.717) is 25.7 Å². The van der Waals surface area contributed by atoms with Gasteiger partial charge in [-0.2, -0.15) is 0 Å². The van der Waals surface area contributed by atoms with Crippen LogP contribution in [0.4, 0.5) is 0 Å². The van der Waals surface area contributed by atoms with Gasteiger partial charge in [0, 0.05) is 19.3 Å². The molecule has 0 aliphatic heterocycles. The van der Waals surface area contributed by atoms with Crippen molar-refractivity contribution in [3.8, 4) is 0 Å². The van der Waals surface area contributed by atoms with Gasteiger partial charge in [-0.05, 0) is 135 Å². The van der Waals surface area contributed by atoms with Crippen molar-refractivity contribution in [1.82, 2.24) is 0 Å². The first-order valence-corrected chi connectivity index (χ1v) is 40.1. The number of ether oxygens (including phenoxy) is 4. The summed E-state index contributed by atoms with van der Waals surface area (Å²) in [6.07, 6.45) is 78.8. The summed E-state index contributed by atoms with van der Waals surface area (Å²) in [6, 6.07) is 0. The van der Waals surface area contributed by atoms with Gasteiger partial charge < -0.3 is 33.8 Å². The minimum absolute atomic E-state index is 0.0551. The average Bonchev–Trinajstić information content (AvgIpc) is 0.983. The maximum Gasteiger partial charge on any atom is 0.472 e. The molecule has 0 fully saturated rings. The Bertz CT molecular complexity index is 2430. The molecule has 5 unspecified atom stereocenters. The summed E-state index contributed by atoms with van der Waals surface area (Å²) in [5, 5.41) is 10.6. The molecular formula is C79H130O17P2. The Kier molecular flexibility index (Phi) is 66.7. The Morgan fingerprint density at radius 1 is 0.306 bits per heavy atom. The molecule has 0 rings (SSSR count). The van der Waals surface area contributed by atoms with Gasteiger partial charge in [0.1, 0.15) is 19.3 Å². The highest BCUT2D eigenvalue weighted by atomic mass is 31.2. The van der Waals surface area contributed by atoms with E-state index in [0.717, 1.165) is 180 Å². The lowest BCUT2D eigenvalue weighted by Gasteiger charge is -2.21. The van der Waals surface area contributed by atoms with Crippen molar-refractivity contribution in [2.45, 2.75) is 290 Å². The molecule has 5 atom stereocenters. The SMILES string of the molecule is CC/C=C\C/C=C\C/C=C\C/C=C\C/C=C\CC(=O)OCC(COP(=O)(O)OCC(O)COP(=O)(O)OCC(COC(=O)CCCCCCCC/C=C\C/C=C\C/C=C\C/C=C\CC)OC(=O)CCCCCCC/C=C\CCCC)OC(=O)CCCCCCC/C=C\C/C=C\CCC. The number of rotatable bonds is 68. The third-order valence-electron chi connectivity index (χ3n) is 14.8. The molecular weight excluding hydrogens is 1280 g/mol. The van der Waals surface area contributed by atoms with Crippen LogP contribution in [0.5, 0.6) is 0 Å². The zero-order valence-electron chi connectivity index (χ0n) is 60.7. The fourth-order valence-electron chi connectivity index (χ4n) is 9.18. The number of aliphatic hydroxyl groups excluding tert-OH is 1. The van der Waals surface area contributed by atoms with Crippen LogP contribution in [0, 0.1) is 0 Å². The first-order chi connectivity index (χ1) is 47.7. The number of hydrogen-bond donors (Lipinski definition) is 3. The molecule has 0 radical (unpaired) electrons. The van der Waals surface area contributed by atoms with Crippen LogP contribution in [0.2, 0.25) is 0 Å². The van der Waals surface area contributed by atoms with E-state index < -0.39 is 97.5 Å². The van der Waals surface area contributed by atoms with Crippen molar-refractivity contribution in [2.24, 2.45) is 0 Å². The molecule has 0 amide bonds. The van der Waals surface area contributed by atoms with Crippen molar-refractivity contribution < 1.29 is 80.2 Å². The van der Waals surface area contributed by atoms with E-state index in [-0.39, 0.29) is 25.7 Å². The smallest absolute Gasteiger partial charge is 0.462 e. The average molecular weight is 1410 g/mol. The van der Waals surface area contributed by atoms with E-state index in [1.807, 2.05) is 18.2 Å². The third-order valence-corrected chi connectivity index (χ3v) is 16.7. The third kappa shape index (κ3) is 69.4. The van der Waals surface area contributed by atoms with Gasteiger partial charge in [0.15, 0.2) is 12.2 Å². The minimum Gasteiger partial charge on any atom is -0.462 e. The molecule has 19 heteroatoms. The second kappa shape index (κ2) is 70.4. The molecule has 0 aromatic heterocycles. The summed E-state index contributed by atoms with van der Waals surface area (Å²) in [6.45, 7) is 4.35. The number of aliphatic hydroxyl groups is 1. The predicted octanol–water partition coefficient (Wildman–Crippen LogP) is 21.1. The molecule has 558 valence electrons. The van der Waals surface area contributed by atoms with E-state index in [9.17, 15) is 43.2 Å². The standard InChI is InChI=1S/C79H130O17P2/c1-5-9-13-17-21-25-29-32-34-35-36-37-39-42-45-48-52-56-60-64-77(82)89-69-74(95-78(83)65-61-57-53-49-43-28-24-20-16-12-8-4)71-93-97(85,86)91-67-73(80)68-92-98(87,88)94-72-75(96-79(84)66-62-58-54-50-46-40-31-27-23-19-15-11-7-3)70-90-76(81)63-59-55-51-47-44-41-38-33-30-26-22-18-14-10-6-2/h9-10,13-15,19-22,24-27,31-34,36-38,44,47,55,59,73-75,80H,5-8,11-12,16-18,23,28-30,35,39-43,45-46,48-54,56-58,60-72H2,1-4H3,(H,85,86)(H,87,88)/b13-9-,14-10-,19-15-,24-20-,25-21-,26-22-,31-27-,34-32-,37-36-,38-33-,47-44-,59-55-. The largest absolute Gasteiger partial charge is 0.472 e. The molecule has 3 N–H and O–H groups in total. The minimum atomic E-state index is -5.00. The van der Waals surface area contributed by atoms with Crippen LogP contribution >= 0.6 is 15.6 Å². The maximum absolute atomic E-state index is 13.1. The Hall–Kier alpha value is -5.06. The molecule has 0 saturated heterocycles. The van der Waals surface area contributed by atoms with Gasteiger partial charge in [-0.25, -0.2) is 9.13 Å². The summed E-state index contributed by atoms with van der Waals surface area (Å²) >= 11 is 0. The van der Waals surface area contributed by atoms with Gasteiger partial charge in [0.05, 0.1) is 32.8 Å². The summed E-state index contributed by atoms with van der Waals surface area (Å²) in [7, 11) is -9.99. The normalized spacial score (nSPS) is 14.8. The number of hydrogen-bond acceptors (Lipinski definition) is 15. The summed E-state index contributed by atoms with van der Waals surface area (Å²) in [5.41, 5.74) is 0. The van der Waals surface area contributed by atoms with Crippen molar-refractivity contribution in [3.05, 3.63) is 146 Å². The first-order valence-electron chi connectivity index (χ1n) is 37.1. The number of carbonyl (C=O) groups is 4. The molecule has 0 heterocycles. The highest BCUT2D eigenvalue weighted by molar-refractivity contribution is 7.47. The Morgan fingerprint density at radius 2 is 0.592 bits per heavy atom. The number of phosphoric ester groups is 2. The quantitative estimate of drug-likeness (QED) is 0.0169. The van der Waals surface area contributed by atoms with E-state index in [2.05, 4.69) is 149 Å². The highest BCUT2D eigenvalue weighted by Gasteiger charge is 2.30. The molecule has 0 saturated carbocycles. The van der Waals surface area contributed by atoms with E-state index in [4.69, 9.17) is 37.0 Å². The molecule has 0 aromatic rings. The van der Waals surface area contributed by atoms with Gasteiger partial charge in [0.25, 0.3) is 0 Å². The molecule has 0 aliphatic carbocycles. The molecule has 0 bridgehead atoms. The lowest BCUT2D eigenvalue weighted by atomic mass is 10.1. The number of phosphoric acid groups is 2. The van der Waals surface area contributed by atoms with Crippen molar-refractivity contribution in [2.75, 3.05) is 39.6 Å². The maximum atomic E-state index is 13.1. The van der Waals surface area contributed by atoms with Gasteiger partial charge in [-0.1, -0.05) is 257 Å². The van der Waals surface area contributed by atoms with Gasteiger partial charge >= 0.3 is 39.5 Å². The Morgan fingerprint density at radius 3 is 0.959 bits per heavy atom. The predicted molar refractivity (Wildman–Crippen MR) is 399 cm³/mol. The van der Waals surface area contributed by atoms with Crippen LogP contribution in [-0.2, 0) is 65.4 Å². The van der Waals surface area contributed by atoms with Crippen LogP contribution in [0.3, 0.4) is 0 Å². The Balaban J connectivity index is 5.39. The molecule has 98 heavy (non-hydrogen) atoms. The van der Waals surface area contributed by atoms with Crippen molar-refractivity contribution in [1.29, 1.82) is 0 Å². The van der Waals surface area contributed by atoms with Crippen molar-refractivity contribution in [3.63, 3.8) is 0 Å². The van der Waals surface area contributed by atoms with E-state index in [1.54, 1.807) is 6.08 Å². The zero-order valence-corrected chi connectivity index (χ0v) is 62.4. The van der Waals surface area contributed by atoms with E-state index >= 15 is 0 Å². The van der Waals surface area contributed by atoms with Crippen LogP contribution < -0.4 is 0 Å². The van der Waals surface area contributed by atoms with Gasteiger partial charge in [-0.3, -0.25) is 37.3 Å². The molecule has 0 spiro atoms. The molecule has 17 nitrogen and oxygen atoms in total. The number of allylic oxidation sites excluding steroid dienone is 23. The second-order valence-electron chi connectivity index (χ2n) is 24.1. The number of carbonyl (C=O) groups excluding carboxylic acids is 4. The lowest BCUT2D eigenvalue weighted by Crippen LogP contribution is -2.30. The van der Waals surface area contributed by atoms with Crippen LogP contribution in [-0.4, -0.2) is 96.7 Å². The van der Waals surface area contributed by atoms with Crippen molar-refractivity contribution >= 4 is 39.5 Å².